The Labute approximate surface area is 118 Å². The first-order valence-corrected chi connectivity index (χ1v) is 7.49. The zero-order valence-electron chi connectivity index (χ0n) is 9.84. The van der Waals surface area contributed by atoms with Crippen LogP contribution < -0.4 is 11.5 Å². The molecule has 0 unspecified atom stereocenters. The van der Waals surface area contributed by atoms with E-state index in [1.54, 1.807) is 0 Å². The van der Waals surface area contributed by atoms with Gasteiger partial charge in [0.05, 0.1) is 10.5 Å². The largest absolute Gasteiger partial charge is 0.370 e. The molecule has 1 amide bonds. The van der Waals surface area contributed by atoms with Crippen molar-refractivity contribution >= 4 is 37.6 Å². The summed E-state index contributed by atoms with van der Waals surface area (Å²) in [4.78, 5) is 15.0. The molecular weight excluding hydrogens is 334 g/mol. The first kappa shape index (κ1) is 15.2. The van der Waals surface area contributed by atoms with Crippen molar-refractivity contribution < 1.29 is 13.2 Å². The maximum atomic E-state index is 11.8. The van der Waals surface area contributed by atoms with Crippen molar-refractivity contribution in [3.05, 3.63) is 27.7 Å². The third-order valence-electron chi connectivity index (χ3n) is 2.09. The quantitative estimate of drug-likeness (QED) is 0.453. The number of benzene rings is 1. The van der Waals surface area contributed by atoms with Gasteiger partial charge in [0.2, 0.25) is 0 Å². The molecule has 0 spiro atoms. The summed E-state index contributed by atoms with van der Waals surface area (Å²) in [5, 5.41) is 0. The van der Waals surface area contributed by atoms with Crippen LogP contribution in [-0.4, -0.2) is 26.5 Å². The lowest BCUT2D eigenvalue weighted by Gasteiger charge is -2.07. The minimum Gasteiger partial charge on any atom is -0.370 e. The summed E-state index contributed by atoms with van der Waals surface area (Å²) in [5.41, 5.74) is 10.3. The average molecular weight is 344 g/mol. The Hall–Kier alpha value is -1.85. The zero-order valence-corrected chi connectivity index (χ0v) is 12.2. The van der Waals surface area contributed by atoms with Crippen molar-refractivity contribution in [1.82, 2.24) is 0 Å². The molecule has 100 valence electrons. The fourth-order valence-corrected chi connectivity index (χ4v) is 3.28. The summed E-state index contributed by atoms with van der Waals surface area (Å²) in [5.74, 6) is 1.04. The number of hydrogen-bond acceptors (Lipinski definition) is 3. The second kappa shape index (κ2) is 5.42. The molecule has 0 atom stereocenters. The summed E-state index contributed by atoms with van der Waals surface area (Å²) in [6.07, 6.45) is 6.28. The molecule has 19 heavy (non-hydrogen) atoms. The molecule has 1 aromatic carbocycles. The van der Waals surface area contributed by atoms with Crippen LogP contribution in [0.1, 0.15) is 15.9 Å². The summed E-state index contributed by atoms with van der Waals surface area (Å²) in [6.45, 7) is 0. The van der Waals surface area contributed by atoms with Gasteiger partial charge in [-0.3, -0.25) is 4.79 Å². The summed E-state index contributed by atoms with van der Waals surface area (Å²) < 4.78 is 23.4. The first-order valence-electron chi connectivity index (χ1n) is 4.81. The minimum atomic E-state index is -3.52. The van der Waals surface area contributed by atoms with Crippen molar-refractivity contribution in [3.63, 3.8) is 0 Å². The molecule has 4 N–H and O–H groups in total. The molecule has 0 aliphatic heterocycles. The molecule has 0 heterocycles. The highest BCUT2D eigenvalue weighted by molar-refractivity contribution is 9.10. The lowest BCUT2D eigenvalue weighted by molar-refractivity contribution is 0.100. The number of rotatable bonds is 2. The van der Waals surface area contributed by atoms with E-state index >= 15 is 0 Å². The van der Waals surface area contributed by atoms with Crippen LogP contribution >= 0.6 is 15.9 Å². The van der Waals surface area contributed by atoms with E-state index in [2.05, 4.69) is 26.8 Å². The van der Waals surface area contributed by atoms with Gasteiger partial charge in [-0.15, -0.1) is 6.42 Å². The van der Waals surface area contributed by atoms with E-state index in [1.165, 1.54) is 6.07 Å². The van der Waals surface area contributed by atoms with Crippen LogP contribution in [0.2, 0.25) is 0 Å². The molecule has 1 aromatic rings. The lowest BCUT2D eigenvalue weighted by atomic mass is 10.1. The second-order valence-electron chi connectivity index (χ2n) is 3.59. The summed E-state index contributed by atoms with van der Waals surface area (Å²) >= 11 is 3.09. The number of nitrogens with two attached hydrogens (primary N) is 2. The van der Waals surface area contributed by atoms with Gasteiger partial charge < -0.3 is 11.5 Å². The highest BCUT2D eigenvalue weighted by atomic mass is 79.9. The third kappa shape index (κ3) is 3.56. The van der Waals surface area contributed by atoms with Crippen molar-refractivity contribution in [2.45, 2.75) is 4.90 Å². The molecule has 0 saturated heterocycles. The number of carbonyl (C=O) groups is 1. The molecule has 0 saturated carbocycles. The third-order valence-corrected chi connectivity index (χ3v) is 4.14. The SMILES string of the molecule is C#Cc1cc(Br)c(S(C)(=O)=O)cc1C(=O)N=C(N)N. The Morgan fingerprint density at radius 3 is 2.42 bits per heavy atom. The van der Waals surface area contributed by atoms with Gasteiger partial charge in [0, 0.05) is 16.3 Å². The molecule has 0 fully saturated rings. The van der Waals surface area contributed by atoms with E-state index in [0.717, 1.165) is 12.3 Å². The number of halogens is 1. The Morgan fingerprint density at radius 1 is 1.42 bits per heavy atom. The van der Waals surface area contributed by atoms with Crippen LogP contribution in [0.5, 0.6) is 0 Å². The van der Waals surface area contributed by atoms with E-state index in [-0.39, 0.29) is 20.5 Å². The van der Waals surface area contributed by atoms with Crippen molar-refractivity contribution in [1.29, 1.82) is 0 Å². The molecule has 0 aromatic heterocycles. The van der Waals surface area contributed by atoms with Gasteiger partial charge in [-0.25, -0.2) is 8.42 Å². The smallest absolute Gasteiger partial charge is 0.281 e. The van der Waals surface area contributed by atoms with Gasteiger partial charge in [-0.05, 0) is 28.1 Å². The van der Waals surface area contributed by atoms with E-state index in [0.29, 0.717) is 0 Å². The summed E-state index contributed by atoms with van der Waals surface area (Å²) in [6, 6.07) is 2.50. The fraction of sp³-hybridized carbons (Fsp3) is 0.0909. The Morgan fingerprint density at radius 2 is 2.00 bits per heavy atom. The molecule has 1 rings (SSSR count). The predicted molar refractivity (Wildman–Crippen MR) is 75.3 cm³/mol. The maximum Gasteiger partial charge on any atom is 0.281 e. The Balaban J connectivity index is 3.61. The normalized spacial score (nSPS) is 10.6. The van der Waals surface area contributed by atoms with E-state index in [1.807, 2.05) is 0 Å². The molecular formula is C11H10BrN3O3S. The van der Waals surface area contributed by atoms with E-state index in [4.69, 9.17) is 17.9 Å². The maximum absolute atomic E-state index is 11.8. The van der Waals surface area contributed by atoms with Crippen molar-refractivity contribution in [2.24, 2.45) is 16.5 Å². The van der Waals surface area contributed by atoms with Crippen LogP contribution in [0.4, 0.5) is 0 Å². The van der Waals surface area contributed by atoms with Gasteiger partial charge in [0.25, 0.3) is 5.91 Å². The standard InChI is InChI=1S/C11H10BrN3O3S/c1-3-6-4-8(12)9(19(2,17)18)5-7(6)10(16)15-11(13)14/h1,4-5H,2H3,(H4,13,14,15,16). The number of nitrogens with zero attached hydrogens (tertiary/aromatic N) is 1. The van der Waals surface area contributed by atoms with E-state index in [9.17, 15) is 13.2 Å². The minimum absolute atomic E-state index is 0.0560. The average Bonchev–Trinajstić information content (AvgIpc) is 2.25. The highest BCUT2D eigenvalue weighted by Gasteiger charge is 2.19. The Bertz CT molecular complexity index is 713. The summed E-state index contributed by atoms with van der Waals surface area (Å²) in [7, 11) is -3.52. The molecule has 0 aliphatic rings. The van der Waals surface area contributed by atoms with Gasteiger partial charge in [0.15, 0.2) is 15.8 Å². The second-order valence-corrected chi connectivity index (χ2v) is 6.43. The highest BCUT2D eigenvalue weighted by Crippen LogP contribution is 2.26. The number of terminal acetylenes is 1. The number of guanidine groups is 1. The predicted octanol–water partition coefficient (Wildman–Crippen LogP) is 0.248. The molecule has 8 heteroatoms. The van der Waals surface area contributed by atoms with E-state index < -0.39 is 21.7 Å². The van der Waals surface area contributed by atoms with Crippen LogP contribution in [0, 0.1) is 12.3 Å². The first-order chi connectivity index (χ1) is 8.66. The molecule has 0 aliphatic carbocycles. The fourth-order valence-electron chi connectivity index (χ4n) is 1.31. The number of amides is 1. The van der Waals surface area contributed by atoms with Gasteiger partial charge in [-0.1, -0.05) is 5.92 Å². The van der Waals surface area contributed by atoms with Gasteiger partial charge in [0.1, 0.15) is 0 Å². The van der Waals surface area contributed by atoms with Gasteiger partial charge in [-0.2, -0.15) is 4.99 Å². The Kier molecular flexibility index (Phi) is 4.34. The molecule has 6 nitrogen and oxygen atoms in total. The van der Waals surface area contributed by atoms with Crippen molar-refractivity contribution in [2.75, 3.05) is 6.26 Å². The molecule has 0 radical (unpaired) electrons. The van der Waals surface area contributed by atoms with Gasteiger partial charge >= 0.3 is 0 Å². The topological polar surface area (TPSA) is 116 Å². The number of aliphatic imine (C=N–C) groups is 1. The van der Waals surface area contributed by atoms with Crippen LogP contribution in [0.25, 0.3) is 0 Å². The number of hydrogen-bond donors (Lipinski definition) is 2. The van der Waals surface area contributed by atoms with Crippen LogP contribution in [0.15, 0.2) is 26.5 Å². The van der Waals surface area contributed by atoms with Crippen LogP contribution in [-0.2, 0) is 9.84 Å². The van der Waals surface area contributed by atoms with Crippen molar-refractivity contribution in [3.8, 4) is 12.3 Å². The lowest BCUT2D eigenvalue weighted by Crippen LogP contribution is -2.24. The number of sulfone groups is 1. The molecule has 0 bridgehead atoms. The zero-order chi connectivity index (χ0) is 14.8. The monoisotopic (exact) mass is 343 g/mol. The number of carbonyl (C=O) groups excluding carboxylic acids is 1. The van der Waals surface area contributed by atoms with Crippen LogP contribution in [0.3, 0.4) is 0 Å².